The van der Waals surface area contributed by atoms with Gasteiger partial charge in [0.15, 0.2) is 0 Å². The highest BCUT2D eigenvalue weighted by Gasteiger charge is 2.32. The molecule has 0 saturated heterocycles. The van der Waals surface area contributed by atoms with Crippen molar-refractivity contribution in [2.45, 2.75) is 113 Å². The first-order valence-corrected chi connectivity index (χ1v) is 13.7. The van der Waals surface area contributed by atoms with E-state index in [-0.39, 0.29) is 28.2 Å². The Morgan fingerprint density at radius 3 is 2.03 bits per heavy atom. The fraction of sp³-hybridized carbons (Fsp3) is 0.606. The maximum Gasteiger partial charge on any atom is 0.338 e. The van der Waals surface area contributed by atoms with Crippen molar-refractivity contribution in [1.82, 2.24) is 0 Å². The molecular weight excluding hydrogens is 460 g/mol. The van der Waals surface area contributed by atoms with E-state index in [9.17, 15) is 15.0 Å². The minimum Gasteiger partial charge on any atom is -0.508 e. The molecule has 0 heterocycles. The number of aromatic hydroxyl groups is 2. The third kappa shape index (κ3) is 8.79. The lowest BCUT2D eigenvalue weighted by Crippen LogP contribution is -2.31. The van der Waals surface area contributed by atoms with Gasteiger partial charge < -0.3 is 14.9 Å². The van der Waals surface area contributed by atoms with Crippen LogP contribution >= 0.6 is 0 Å². The van der Waals surface area contributed by atoms with E-state index in [2.05, 4.69) is 62.3 Å². The van der Waals surface area contributed by atoms with Gasteiger partial charge in [0.1, 0.15) is 17.1 Å². The molecular formula is C33H50O4. The Morgan fingerprint density at radius 1 is 0.892 bits per heavy atom. The van der Waals surface area contributed by atoms with Gasteiger partial charge in [-0.15, -0.1) is 0 Å². The summed E-state index contributed by atoms with van der Waals surface area (Å²) in [6, 6.07) is 10.9. The zero-order valence-corrected chi connectivity index (χ0v) is 25.0. The number of phenolic OH excluding ortho intramolecular Hbond substituents is 2. The van der Waals surface area contributed by atoms with Crippen molar-refractivity contribution < 1.29 is 19.7 Å². The number of carbonyl (C=O) groups excluding carboxylic acids is 1. The van der Waals surface area contributed by atoms with E-state index in [1.54, 1.807) is 12.1 Å². The highest BCUT2D eigenvalue weighted by Crippen LogP contribution is 2.44. The maximum atomic E-state index is 13.3. The lowest BCUT2D eigenvalue weighted by Gasteiger charge is -2.36. The molecule has 4 heteroatoms. The Balaban J connectivity index is 2.33. The van der Waals surface area contributed by atoms with Crippen LogP contribution in [0, 0.1) is 16.7 Å². The van der Waals surface area contributed by atoms with Crippen LogP contribution in [0.3, 0.4) is 0 Å². The number of hydrogen-bond donors (Lipinski definition) is 2. The van der Waals surface area contributed by atoms with Crippen LogP contribution in [-0.2, 0) is 11.2 Å². The van der Waals surface area contributed by atoms with Crippen molar-refractivity contribution in [3.05, 3.63) is 58.7 Å². The van der Waals surface area contributed by atoms with Crippen LogP contribution in [0.25, 0.3) is 0 Å². The van der Waals surface area contributed by atoms with E-state index < -0.39 is 11.6 Å². The van der Waals surface area contributed by atoms with E-state index in [4.69, 9.17) is 4.74 Å². The van der Waals surface area contributed by atoms with Crippen LogP contribution in [0.5, 0.6) is 11.5 Å². The summed E-state index contributed by atoms with van der Waals surface area (Å²) in [5.74, 6) is 0.848. The van der Waals surface area contributed by atoms with Crippen LogP contribution < -0.4 is 0 Å². The molecule has 2 aromatic rings. The molecule has 2 aromatic carbocycles. The minimum atomic E-state index is -0.854. The molecule has 4 nitrogen and oxygen atoms in total. The quantitative estimate of drug-likeness (QED) is 0.330. The van der Waals surface area contributed by atoms with Crippen molar-refractivity contribution in [1.29, 1.82) is 0 Å². The molecule has 37 heavy (non-hydrogen) atoms. The topological polar surface area (TPSA) is 66.8 Å². The Hall–Kier alpha value is -2.49. The van der Waals surface area contributed by atoms with Crippen LogP contribution in [0.2, 0.25) is 0 Å². The van der Waals surface area contributed by atoms with Gasteiger partial charge in [0.05, 0.1) is 5.56 Å². The first kappa shape index (κ1) is 30.7. The number of phenols is 2. The standard InChI is InChI=1S/C33H50O4/c1-12-27(21(2)3)22-13-14-29(35)25(15-22)19-33(10,11)37-30(36)24-16-23(17-26(34)18-24)28(32(7,8)9)20-31(4,5)6/h13-18,21,27-28,34-35H,12,19-20H2,1-11H3. The Kier molecular flexibility index (Phi) is 9.55. The van der Waals surface area contributed by atoms with Crippen LogP contribution in [-0.4, -0.2) is 21.8 Å². The fourth-order valence-electron chi connectivity index (χ4n) is 5.36. The van der Waals surface area contributed by atoms with Crippen LogP contribution in [0.1, 0.15) is 128 Å². The Labute approximate surface area is 225 Å². The van der Waals surface area contributed by atoms with Gasteiger partial charge in [-0.2, -0.15) is 0 Å². The first-order chi connectivity index (χ1) is 16.8. The van der Waals surface area contributed by atoms with Gasteiger partial charge in [0, 0.05) is 6.42 Å². The first-order valence-electron chi connectivity index (χ1n) is 13.7. The highest BCUT2D eigenvalue weighted by molar-refractivity contribution is 5.90. The molecule has 0 spiro atoms. The summed E-state index contributed by atoms with van der Waals surface area (Å²) >= 11 is 0. The van der Waals surface area contributed by atoms with Crippen LogP contribution in [0.15, 0.2) is 36.4 Å². The van der Waals surface area contributed by atoms with Gasteiger partial charge in [0.2, 0.25) is 0 Å². The monoisotopic (exact) mass is 510 g/mol. The van der Waals surface area contributed by atoms with E-state index >= 15 is 0 Å². The average Bonchev–Trinajstić information content (AvgIpc) is 2.72. The maximum absolute atomic E-state index is 13.3. The average molecular weight is 511 g/mol. The Bertz CT molecular complexity index is 1070. The lowest BCUT2D eigenvalue weighted by atomic mass is 9.69. The summed E-state index contributed by atoms with van der Waals surface area (Å²) in [6.07, 6.45) is 2.32. The van der Waals surface area contributed by atoms with E-state index in [0.717, 1.165) is 24.0 Å². The molecule has 2 rings (SSSR count). The molecule has 0 saturated carbocycles. The molecule has 2 unspecified atom stereocenters. The van der Waals surface area contributed by atoms with Crippen molar-refractivity contribution in [2.24, 2.45) is 16.7 Å². The number of hydrogen-bond acceptors (Lipinski definition) is 4. The summed E-state index contributed by atoms with van der Waals surface area (Å²) in [5.41, 5.74) is 2.44. The second-order valence-corrected chi connectivity index (χ2v) is 14.0. The number of ether oxygens (including phenoxy) is 1. The van der Waals surface area contributed by atoms with Gasteiger partial charge in [-0.3, -0.25) is 0 Å². The number of rotatable bonds is 9. The second kappa shape index (κ2) is 11.5. The molecule has 0 aromatic heterocycles. The third-order valence-corrected chi connectivity index (χ3v) is 7.20. The van der Waals surface area contributed by atoms with Gasteiger partial charge in [-0.1, -0.05) is 74.4 Å². The molecule has 0 aliphatic carbocycles. The van der Waals surface area contributed by atoms with Gasteiger partial charge in [-0.05, 0) is 96.2 Å². The lowest BCUT2D eigenvalue weighted by molar-refractivity contribution is -0.000958. The van der Waals surface area contributed by atoms with E-state index in [1.807, 2.05) is 32.0 Å². The van der Waals surface area contributed by atoms with Gasteiger partial charge >= 0.3 is 5.97 Å². The third-order valence-electron chi connectivity index (χ3n) is 7.20. The molecule has 0 radical (unpaired) electrons. The molecule has 0 aliphatic heterocycles. The van der Waals surface area contributed by atoms with Crippen molar-refractivity contribution in [3.63, 3.8) is 0 Å². The van der Waals surface area contributed by atoms with Crippen LogP contribution in [0.4, 0.5) is 0 Å². The highest BCUT2D eigenvalue weighted by atomic mass is 16.6. The van der Waals surface area contributed by atoms with Crippen molar-refractivity contribution >= 4 is 5.97 Å². The van der Waals surface area contributed by atoms with E-state index in [0.29, 0.717) is 23.8 Å². The van der Waals surface area contributed by atoms with Gasteiger partial charge in [-0.25, -0.2) is 4.79 Å². The number of esters is 1. The smallest absolute Gasteiger partial charge is 0.338 e. The molecule has 0 fully saturated rings. The molecule has 2 atom stereocenters. The summed E-state index contributed by atoms with van der Waals surface area (Å²) in [5, 5.41) is 21.1. The Morgan fingerprint density at radius 2 is 1.51 bits per heavy atom. The molecule has 0 aliphatic rings. The number of carbonyl (C=O) groups is 1. The largest absolute Gasteiger partial charge is 0.508 e. The summed E-state index contributed by atoms with van der Waals surface area (Å²) in [7, 11) is 0. The zero-order chi connectivity index (χ0) is 28.3. The van der Waals surface area contributed by atoms with Crippen molar-refractivity contribution in [2.75, 3.05) is 0 Å². The normalized spacial score (nSPS) is 14.5. The van der Waals surface area contributed by atoms with Crippen molar-refractivity contribution in [3.8, 4) is 11.5 Å². The predicted octanol–water partition coefficient (Wildman–Crippen LogP) is 8.99. The summed E-state index contributed by atoms with van der Waals surface area (Å²) < 4.78 is 5.97. The summed E-state index contributed by atoms with van der Waals surface area (Å²) in [4.78, 5) is 13.3. The SMILES string of the molecule is CCC(c1ccc(O)c(CC(C)(C)OC(=O)c2cc(O)cc(C(CC(C)(C)C)C(C)(C)C)c2)c1)C(C)C. The number of benzene rings is 2. The molecule has 206 valence electrons. The van der Waals surface area contributed by atoms with Gasteiger partial charge in [0.25, 0.3) is 0 Å². The summed E-state index contributed by atoms with van der Waals surface area (Å²) in [6.45, 7) is 23.5. The zero-order valence-electron chi connectivity index (χ0n) is 25.0. The molecule has 0 bridgehead atoms. The molecule has 2 N–H and O–H groups in total. The fourth-order valence-corrected chi connectivity index (χ4v) is 5.36. The van der Waals surface area contributed by atoms with E-state index in [1.165, 1.54) is 11.6 Å². The second-order valence-electron chi connectivity index (χ2n) is 14.0. The minimum absolute atomic E-state index is 0.0452. The molecule has 0 amide bonds. The predicted molar refractivity (Wildman–Crippen MR) is 154 cm³/mol.